The number of nitrogens with zero attached hydrogens (tertiary/aromatic N) is 3. The molecule has 1 aromatic carbocycles. The van der Waals surface area contributed by atoms with Crippen LogP contribution in [0.3, 0.4) is 0 Å². The SMILES string of the molecule is COc1ccc(CC(=O)N2CCN(C(=O)Cc3csc(C)n3)CC2)cc1. The van der Waals surface area contributed by atoms with Gasteiger partial charge in [-0.25, -0.2) is 4.98 Å². The Balaban J connectivity index is 1.47. The highest BCUT2D eigenvalue weighted by Crippen LogP contribution is 2.14. The summed E-state index contributed by atoms with van der Waals surface area (Å²) >= 11 is 1.56. The number of hydrogen-bond donors (Lipinski definition) is 0. The Morgan fingerprint density at radius 2 is 1.62 bits per heavy atom. The number of aromatic nitrogens is 1. The molecule has 0 unspecified atom stereocenters. The van der Waals surface area contributed by atoms with Gasteiger partial charge in [-0.3, -0.25) is 9.59 Å². The van der Waals surface area contributed by atoms with Gasteiger partial charge in [-0.15, -0.1) is 11.3 Å². The molecule has 3 rings (SSSR count). The first-order chi connectivity index (χ1) is 12.5. The van der Waals surface area contributed by atoms with E-state index in [1.165, 1.54) is 0 Å². The standard InChI is InChI=1S/C19H23N3O3S/c1-14-20-16(13-26-14)12-19(24)22-9-7-21(8-10-22)18(23)11-15-3-5-17(25-2)6-4-15/h3-6,13H,7-12H2,1-2H3. The highest BCUT2D eigenvalue weighted by Gasteiger charge is 2.24. The lowest BCUT2D eigenvalue weighted by Gasteiger charge is -2.34. The van der Waals surface area contributed by atoms with Crippen LogP contribution in [0.1, 0.15) is 16.3 Å². The minimum Gasteiger partial charge on any atom is -0.497 e. The molecular weight excluding hydrogens is 350 g/mol. The number of ether oxygens (including phenoxy) is 1. The molecule has 6 nitrogen and oxygen atoms in total. The first kappa shape index (κ1) is 18.4. The number of thiazole rings is 1. The fraction of sp³-hybridized carbons (Fsp3) is 0.421. The number of piperazine rings is 1. The molecule has 0 radical (unpaired) electrons. The molecule has 26 heavy (non-hydrogen) atoms. The number of benzene rings is 1. The lowest BCUT2D eigenvalue weighted by atomic mass is 10.1. The number of rotatable bonds is 5. The molecule has 1 aromatic heterocycles. The van der Waals surface area contributed by atoms with Gasteiger partial charge in [0.05, 0.1) is 30.7 Å². The Labute approximate surface area is 157 Å². The van der Waals surface area contributed by atoms with Crippen LogP contribution in [0.25, 0.3) is 0 Å². The fourth-order valence-corrected chi connectivity index (χ4v) is 3.60. The van der Waals surface area contributed by atoms with Crippen molar-refractivity contribution in [3.8, 4) is 5.75 Å². The largest absolute Gasteiger partial charge is 0.497 e. The smallest absolute Gasteiger partial charge is 0.228 e. The second kappa shape index (κ2) is 8.31. The molecule has 1 saturated heterocycles. The Kier molecular flexibility index (Phi) is 5.88. The summed E-state index contributed by atoms with van der Waals surface area (Å²) in [6.45, 7) is 4.26. The molecular formula is C19H23N3O3S. The Hall–Kier alpha value is -2.41. The third-order valence-corrected chi connectivity index (χ3v) is 5.32. The first-order valence-electron chi connectivity index (χ1n) is 8.64. The van der Waals surface area contributed by atoms with Gasteiger partial charge in [-0.1, -0.05) is 12.1 Å². The van der Waals surface area contributed by atoms with Crippen molar-refractivity contribution in [3.05, 3.63) is 45.9 Å². The van der Waals surface area contributed by atoms with Crippen molar-refractivity contribution >= 4 is 23.2 Å². The van der Waals surface area contributed by atoms with E-state index in [9.17, 15) is 9.59 Å². The van der Waals surface area contributed by atoms with Gasteiger partial charge < -0.3 is 14.5 Å². The highest BCUT2D eigenvalue weighted by molar-refractivity contribution is 7.09. The van der Waals surface area contributed by atoms with Crippen molar-refractivity contribution < 1.29 is 14.3 Å². The van der Waals surface area contributed by atoms with Gasteiger partial charge in [-0.05, 0) is 24.6 Å². The van der Waals surface area contributed by atoms with Gasteiger partial charge >= 0.3 is 0 Å². The maximum absolute atomic E-state index is 12.5. The third kappa shape index (κ3) is 4.60. The fourth-order valence-electron chi connectivity index (χ4n) is 2.99. The zero-order valence-electron chi connectivity index (χ0n) is 15.1. The van der Waals surface area contributed by atoms with Crippen LogP contribution in [0.4, 0.5) is 0 Å². The van der Waals surface area contributed by atoms with E-state index < -0.39 is 0 Å². The van der Waals surface area contributed by atoms with Gasteiger partial charge in [0.15, 0.2) is 0 Å². The second-order valence-electron chi connectivity index (χ2n) is 6.32. The minimum atomic E-state index is 0.0811. The van der Waals surface area contributed by atoms with Gasteiger partial charge in [0.1, 0.15) is 5.75 Å². The van der Waals surface area contributed by atoms with E-state index in [-0.39, 0.29) is 11.8 Å². The Morgan fingerprint density at radius 1 is 1.04 bits per heavy atom. The molecule has 0 aliphatic carbocycles. The monoisotopic (exact) mass is 373 g/mol. The van der Waals surface area contributed by atoms with Gasteiger partial charge in [0, 0.05) is 31.6 Å². The van der Waals surface area contributed by atoms with E-state index in [1.807, 2.05) is 46.4 Å². The zero-order chi connectivity index (χ0) is 18.5. The molecule has 2 heterocycles. The summed E-state index contributed by atoms with van der Waals surface area (Å²) in [5, 5.41) is 2.91. The summed E-state index contributed by atoms with van der Waals surface area (Å²) in [7, 11) is 1.62. The van der Waals surface area contributed by atoms with Crippen LogP contribution in [-0.4, -0.2) is 59.9 Å². The molecule has 7 heteroatoms. The van der Waals surface area contributed by atoms with Crippen molar-refractivity contribution in [3.63, 3.8) is 0 Å². The zero-order valence-corrected chi connectivity index (χ0v) is 15.9. The molecule has 0 bridgehead atoms. The summed E-state index contributed by atoms with van der Waals surface area (Å²) in [6, 6.07) is 7.54. The van der Waals surface area contributed by atoms with Gasteiger partial charge in [0.2, 0.25) is 11.8 Å². The van der Waals surface area contributed by atoms with E-state index in [0.717, 1.165) is 22.0 Å². The van der Waals surface area contributed by atoms with Crippen LogP contribution in [0.15, 0.2) is 29.6 Å². The molecule has 0 N–H and O–H groups in total. The van der Waals surface area contributed by atoms with Crippen molar-refractivity contribution in [1.82, 2.24) is 14.8 Å². The molecule has 2 amide bonds. The average molecular weight is 373 g/mol. The predicted molar refractivity (Wildman–Crippen MR) is 100 cm³/mol. The van der Waals surface area contributed by atoms with Crippen molar-refractivity contribution in [1.29, 1.82) is 0 Å². The lowest BCUT2D eigenvalue weighted by molar-refractivity contribution is -0.138. The van der Waals surface area contributed by atoms with Crippen molar-refractivity contribution in [2.45, 2.75) is 19.8 Å². The number of carbonyl (C=O) groups is 2. The number of hydrogen-bond acceptors (Lipinski definition) is 5. The highest BCUT2D eigenvalue weighted by atomic mass is 32.1. The summed E-state index contributed by atoms with van der Waals surface area (Å²) in [5.74, 6) is 0.957. The van der Waals surface area contributed by atoms with E-state index in [1.54, 1.807) is 18.4 Å². The Bertz CT molecular complexity index is 765. The van der Waals surface area contributed by atoms with Crippen LogP contribution >= 0.6 is 11.3 Å². The number of amides is 2. The summed E-state index contributed by atoms with van der Waals surface area (Å²) in [4.78, 5) is 32.9. The molecule has 1 aliphatic rings. The van der Waals surface area contributed by atoms with Crippen molar-refractivity contribution in [2.75, 3.05) is 33.3 Å². The first-order valence-corrected chi connectivity index (χ1v) is 9.52. The lowest BCUT2D eigenvalue weighted by Crippen LogP contribution is -2.51. The average Bonchev–Trinajstić information content (AvgIpc) is 3.07. The molecule has 2 aromatic rings. The van der Waals surface area contributed by atoms with E-state index in [0.29, 0.717) is 39.0 Å². The molecule has 1 aliphatic heterocycles. The van der Waals surface area contributed by atoms with E-state index >= 15 is 0 Å². The molecule has 138 valence electrons. The summed E-state index contributed by atoms with van der Waals surface area (Å²) in [5.41, 5.74) is 1.80. The third-order valence-electron chi connectivity index (χ3n) is 4.50. The summed E-state index contributed by atoms with van der Waals surface area (Å²) in [6.07, 6.45) is 0.709. The van der Waals surface area contributed by atoms with Crippen LogP contribution in [0.2, 0.25) is 0 Å². The van der Waals surface area contributed by atoms with Crippen molar-refractivity contribution in [2.24, 2.45) is 0 Å². The molecule has 0 saturated carbocycles. The maximum atomic E-state index is 12.5. The molecule has 1 fully saturated rings. The van der Waals surface area contributed by atoms with Crippen LogP contribution in [-0.2, 0) is 22.4 Å². The van der Waals surface area contributed by atoms with Gasteiger partial charge in [0.25, 0.3) is 0 Å². The normalized spacial score (nSPS) is 14.4. The Morgan fingerprint density at radius 3 is 2.12 bits per heavy atom. The molecule has 0 atom stereocenters. The maximum Gasteiger partial charge on any atom is 0.228 e. The minimum absolute atomic E-state index is 0.0811. The molecule has 0 spiro atoms. The van der Waals surface area contributed by atoms with Crippen LogP contribution < -0.4 is 4.74 Å². The topological polar surface area (TPSA) is 62.7 Å². The number of carbonyl (C=O) groups excluding carboxylic acids is 2. The van der Waals surface area contributed by atoms with E-state index in [2.05, 4.69) is 4.98 Å². The van der Waals surface area contributed by atoms with Crippen LogP contribution in [0, 0.1) is 6.92 Å². The van der Waals surface area contributed by atoms with Gasteiger partial charge in [-0.2, -0.15) is 0 Å². The second-order valence-corrected chi connectivity index (χ2v) is 7.38. The number of methoxy groups -OCH3 is 1. The number of aryl methyl sites for hydroxylation is 1. The van der Waals surface area contributed by atoms with Crippen LogP contribution in [0.5, 0.6) is 5.75 Å². The predicted octanol–water partition coefficient (Wildman–Crippen LogP) is 1.92. The summed E-state index contributed by atoms with van der Waals surface area (Å²) < 4.78 is 5.13. The quantitative estimate of drug-likeness (QED) is 0.803. The van der Waals surface area contributed by atoms with E-state index in [4.69, 9.17) is 4.74 Å².